The molecule has 19 heavy (non-hydrogen) atoms. The molecule has 98 valence electrons. The molecule has 0 saturated carbocycles. The van der Waals surface area contributed by atoms with Crippen LogP contribution in [0.1, 0.15) is 0 Å². The molecule has 0 aliphatic rings. The van der Waals surface area contributed by atoms with E-state index >= 15 is 0 Å². The number of nitro groups is 1. The Kier molecular flexibility index (Phi) is 3.48. The van der Waals surface area contributed by atoms with Crippen LogP contribution in [0.5, 0.6) is 11.5 Å². The van der Waals surface area contributed by atoms with Crippen LogP contribution in [0.15, 0.2) is 30.5 Å². The van der Waals surface area contributed by atoms with Crippen molar-refractivity contribution in [2.75, 3.05) is 5.73 Å². The van der Waals surface area contributed by atoms with Gasteiger partial charge in [-0.2, -0.15) is 0 Å². The number of pyridine rings is 1. The molecule has 0 aliphatic heterocycles. The van der Waals surface area contributed by atoms with Crippen molar-refractivity contribution in [3.05, 3.63) is 51.4 Å². The lowest BCUT2D eigenvalue weighted by Gasteiger charge is -2.08. The number of halogens is 2. The molecule has 0 spiro atoms. The molecule has 0 radical (unpaired) electrons. The van der Waals surface area contributed by atoms with Gasteiger partial charge in [-0.3, -0.25) is 10.1 Å². The van der Waals surface area contributed by atoms with Crippen LogP contribution >= 0.6 is 11.6 Å². The van der Waals surface area contributed by atoms with Crippen LogP contribution in [0.2, 0.25) is 5.02 Å². The van der Waals surface area contributed by atoms with E-state index < -0.39 is 10.7 Å². The number of nitro benzene ring substituents is 1. The highest BCUT2D eigenvalue weighted by atomic mass is 35.5. The number of nitrogen functional groups attached to an aromatic ring is 1. The van der Waals surface area contributed by atoms with E-state index in [1.165, 1.54) is 12.3 Å². The van der Waals surface area contributed by atoms with Crippen LogP contribution in [-0.2, 0) is 0 Å². The quantitative estimate of drug-likeness (QED) is 0.690. The molecule has 2 N–H and O–H groups in total. The molecule has 1 aromatic carbocycles. The molecule has 1 heterocycles. The fraction of sp³-hybridized carbons (Fsp3) is 0. The molecule has 8 heteroatoms. The summed E-state index contributed by atoms with van der Waals surface area (Å²) in [7, 11) is 0. The highest BCUT2D eigenvalue weighted by molar-refractivity contribution is 6.34. The summed E-state index contributed by atoms with van der Waals surface area (Å²) in [6.07, 6.45) is 1.35. The van der Waals surface area contributed by atoms with E-state index in [0.717, 1.165) is 18.2 Å². The van der Waals surface area contributed by atoms with Gasteiger partial charge in [-0.25, -0.2) is 9.37 Å². The number of anilines is 1. The highest BCUT2D eigenvalue weighted by Gasteiger charge is 2.14. The summed E-state index contributed by atoms with van der Waals surface area (Å²) in [5.74, 6) is -0.915. The topological polar surface area (TPSA) is 91.3 Å². The Hall–Kier alpha value is -2.41. The lowest BCUT2D eigenvalue weighted by atomic mass is 10.3. The van der Waals surface area contributed by atoms with Crippen LogP contribution in [0, 0.1) is 15.9 Å². The fourth-order valence-corrected chi connectivity index (χ4v) is 1.48. The second kappa shape index (κ2) is 5.07. The number of non-ortho nitro benzene ring substituents is 1. The van der Waals surface area contributed by atoms with Crippen molar-refractivity contribution in [1.82, 2.24) is 4.98 Å². The largest absolute Gasteiger partial charge is 0.453 e. The van der Waals surface area contributed by atoms with E-state index in [4.69, 9.17) is 22.1 Å². The third kappa shape index (κ3) is 2.71. The normalized spacial score (nSPS) is 10.2. The lowest BCUT2D eigenvalue weighted by molar-refractivity contribution is -0.385. The number of hydrogen-bond acceptors (Lipinski definition) is 5. The Balaban J connectivity index is 2.34. The van der Waals surface area contributed by atoms with Gasteiger partial charge >= 0.3 is 0 Å². The van der Waals surface area contributed by atoms with Gasteiger partial charge in [0, 0.05) is 18.3 Å². The van der Waals surface area contributed by atoms with Gasteiger partial charge in [-0.05, 0) is 6.07 Å². The van der Waals surface area contributed by atoms with Crippen molar-refractivity contribution in [2.24, 2.45) is 0 Å². The monoisotopic (exact) mass is 283 g/mol. The predicted octanol–water partition coefficient (Wildman–Crippen LogP) is 3.16. The molecule has 6 nitrogen and oxygen atoms in total. The minimum absolute atomic E-state index is 0.0419. The van der Waals surface area contributed by atoms with Gasteiger partial charge in [0.1, 0.15) is 10.8 Å². The lowest BCUT2D eigenvalue weighted by Crippen LogP contribution is -1.95. The Morgan fingerprint density at radius 1 is 1.37 bits per heavy atom. The molecule has 0 fully saturated rings. The zero-order valence-electron chi connectivity index (χ0n) is 9.34. The SMILES string of the molecule is Nc1nccc(Oc2ccc([N+](=O)[O-])cc2F)c1Cl. The van der Waals surface area contributed by atoms with E-state index in [-0.39, 0.29) is 28.0 Å². The maximum absolute atomic E-state index is 13.6. The molecular formula is C11H7ClFN3O3. The number of benzene rings is 1. The zero-order valence-corrected chi connectivity index (χ0v) is 10.1. The second-order valence-corrected chi connectivity index (χ2v) is 3.86. The summed E-state index contributed by atoms with van der Waals surface area (Å²) >= 11 is 5.83. The minimum atomic E-state index is -0.874. The molecule has 0 bridgehead atoms. The van der Waals surface area contributed by atoms with Crippen LogP contribution in [0.4, 0.5) is 15.9 Å². The Bertz CT molecular complexity index is 651. The van der Waals surface area contributed by atoms with Gasteiger partial charge in [-0.15, -0.1) is 0 Å². The fourth-order valence-electron chi connectivity index (χ4n) is 1.32. The van der Waals surface area contributed by atoms with Gasteiger partial charge in [0.05, 0.1) is 11.0 Å². The third-order valence-electron chi connectivity index (χ3n) is 2.23. The van der Waals surface area contributed by atoms with Gasteiger partial charge in [0.15, 0.2) is 17.3 Å². The molecule has 0 amide bonds. The molecule has 0 unspecified atom stereocenters. The van der Waals surface area contributed by atoms with Crippen molar-refractivity contribution in [1.29, 1.82) is 0 Å². The number of rotatable bonds is 3. The standard InChI is InChI=1S/C11H7ClFN3O3/c12-10-9(3-4-15-11(10)14)19-8-2-1-6(16(17)18)5-7(8)13/h1-5H,(H2,14,15). The summed E-state index contributed by atoms with van der Waals surface area (Å²) in [6, 6.07) is 4.42. The van der Waals surface area contributed by atoms with E-state index in [1.54, 1.807) is 0 Å². The first-order valence-corrected chi connectivity index (χ1v) is 5.38. The van der Waals surface area contributed by atoms with E-state index in [1.807, 2.05) is 0 Å². The highest BCUT2D eigenvalue weighted by Crippen LogP contribution is 2.33. The maximum Gasteiger partial charge on any atom is 0.272 e. The number of nitrogens with two attached hydrogens (primary N) is 1. The number of ether oxygens (including phenoxy) is 1. The smallest absolute Gasteiger partial charge is 0.272 e. The molecular weight excluding hydrogens is 277 g/mol. The molecule has 0 atom stereocenters. The summed E-state index contributed by atoms with van der Waals surface area (Å²) in [5, 5.41) is 10.5. The molecule has 2 aromatic rings. The number of nitrogens with zero attached hydrogens (tertiary/aromatic N) is 2. The van der Waals surface area contributed by atoms with Crippen molar-refractivity contribution in [2.45, 2.75) is 0 Å². The minimum Gasteiger partial charge on any atom is -0.453 e. The van der Waals surface area contributed by atoms with Gasteiger partial charge in [-0.1, -0.05) is 11.6 Å². The van der Waals surface area contributed by atoms with Crippen LogP contribution in [-0.4, -0.2) is 9.91 Å². The van der Waals surface area contributed by atoms with Crippen LogP contribution in [0.3, 0.4) is 0 Å². The Morgan fingerprint density at radius 3 is 2.74 bits per heavy atom. The summed E-state index contributed by atoms with van der Waals surface area (Å²) in [6.45, 7) is 0. The van der Waals surface area contributed by atoms with E-state index in [2.05, 4.69) is 4.98 Å². The van der Waals surface area contributed by atoms with Crippen molar-refractivity contribution < 1.29 is 14.1 Å². The molecule has 0 aliphatic carbocycles. The first-order chi connectivity index (χ1) is 8.99. The number of aromatic nitrogens is 1. The van der Waals surface area contributed by atoms with Gasteiger partial charge in [0.2, 0.25) is 0 Å². The first kappa shape index (κ1) is 13.0. The Morgan fingerprint density at radius 2 is 2.11 bits per heavy atom. The van der Waals surface area contributed by atoms with Gasteiger partial charge < -0.3 is 10.5 Å². The van der Waals surface area contributed by atoms with E-state index in [0.29, 0.717) is 0 Å². The van der Waals surface area contributed by atoms with Crippen LogP contribution < -0.4 is 10.5 Å². The average Bonchev–Trinajstić information content (AvgIpc) is 2.37. The summed E-state index contributed by atoms with van der Waals surface area (Å²) in [5.41, 5.74) is 5.10. The molecule has 1 aromatic heterocycles. The first-order valence-electron chi connectivity index (χ1n) is 5.01. The average molecular weight is 284 g/mol. The van der Waals surface area contributed by atoms with Crippen LogP contribution in [0.25, 0.3) is 0 Å². The third-order valence-corrected chi connectivity index (χ3v) is 2.61. The molecule has 0 saturated heterocycles. The van der Waals surface area contributed by atoms with Crippen molar-refractivity contribution in [3.8, 4) is 11.5 Å². The summed E-state index contributed by atoms with van der Waals surface area (Å²) in [4.78, 5) is 13.5. The van der Waals surface area contributed by atoms with E-state index in [9.17, 15) is 14.5 Å². The zero-order chi connectivity index (χ0) is 14.0. The Labute approximate surface area is 111 Å². The molecule has 2 rings (SSSR count). The van der Waals surface area contributed by atoms with Gasteiger partial charge in [0.25, 0.3) is 5.69 Å². The number of hydrogen-bond donors (Lipinski definition) is 1. The maximum atomic E-state index is 13.6. The second-order valence-electron chi connectivity index (χ2n) is 3.48. The van der Waals surface area contributed by atoms with Crippen molar-refractivity contribution >= 4 is 23.1 Å². The van der Waals surface area contributed by atoms with Crippen molar-refractivity contribution in [3.63, 3.8) is 0 Å². The predicted molar refractivity (Wildman–Crippen MR) is 66.8 cm³/mol. The summed E-state index contributed by atoms with van der Waals surface area (Å²) < 4.78 is 18.8.